The Kier molecular flexibility index (Phi) is 4.80. The van der Waals surface area contributed by atoms with Gasteiger partial charge in [0.2, 0.25) is 0 Å². The van der Waals surface area contributed by atoms with Crippen LogP contribution >= 0.6 is 0 Å². The number of ether oxygens (including phenoxy) is 3. The van der Waals surface area contributed by atoms with Crippen LogP contribution in [0.25, 0.3) is 0 Å². The van der Waals surface area contributed by atoms with Crippen molar-refractivity contribution >= 4 is 11.9 Å². The summed E-state index contributed by atoms with van der Waals surface area (Å²) < 4.78 is 14.7. The topological polar surface area (TPSA) is 61.8 Å². The molecule has 1 heterocycles. The maximum absolute atomic E-state index is 11.3. The van der Waals surface area contributed by atoms with Crippen LogP contribution in [-0.4, -0.2) is 37.9 Å². The van der Waals surface area contributed by atoms with Gasteiger partial charge >= 0.3 is 11.9 Å². The van der Waals surface area contributed by atoms with Crippen LogP contribution in [0.15, 0.2) is 0 Å². The van der Waals surface area contributed by atoms with Crippen LogP contribution < -0.4 is 0 Å². The largest absolute Gasteiger partial charge is 0.465 e. The number of esters is 2. The molecule has 0 amide bonds. The van der Waals surface area contributed by atoms with E-state index in [-0.39, 0.29) is 19.8 Å². The van der Waals surface area contributed by atoms with Gasteiger partial charge in [0.15, 0.2) is 5.92 Å². The molecule has 0 saturated carbocycles. The fraction of sp³-hybridized carbons (Fsp3) is 0.636. The number of carbonyl (C=O) groups excluding carboxylic acids is 2. The Balaban J connectivity index is 2.38. The first-order valence-corrected chi connectivity index (χ1v) is 5.07. The molecule has 2 unspecified atom stereocenters. The molecule has 2 atom stereocenters. The molecule has 1 aliphatic heterocycles. The lowest BCUT2D eigenvalue weighted by molar-refractivity contribution is -0.156. The Bertz CT molecular complexity index is 304. The highest BCUT2D eigenvalue weighted by Crippen LogP contribution is 2.22. The molecule has 0 aromatic heterocycles. The van der Waals surface area contributed by atoms with Crippen molar-refractivity contribution in [2.45, 2.75) is 19.4 Å². The van der Waals surface area contributed by atoms with Crippen LogP contribution in [0.5, 0.6) is 0 Å². The first-order valence-electron chi connectivity index (χ1n) is 5.07. The number of rotatable bonds is 5. The summed E-state index contributed by atoms with van der Waals surface area (Å²) >= 11 is 0. The molecule has 1 fully saturated rings. The second kappa shape index (κ2) is 6.13. The Labute approximate surface area is 94.0 Å². The smallest absolute Gasteiger partial charge is 0.320 e. The second-order valence-electron chi connectivity index (χ2n) is 3.32. The van der Waals surface area contributed by atoms with E-state index in [9.17, 15) is 9.59 Å². The maximum Gasteiger partial charge on any atom is 0.320 e. The van der Waals surface area contributed by atoms with Crippen molar-refractivity contribution in [2.75, 3.05) is 19.8 Å². The molecule has 0 aromatic rings. The highest BCUT2D eigenvalue weighted by atomic mass is 16.6. The van der Waals surface area contributed by atoms with Gasteiger partial charge < -0.3 is 14.2 Å². The Morgan fingerprint density at radius 1 is 1.69 bits per heavy atom. The first kappa shape index (κ1) is 12.5. The molecule has 5 nitrogen and oxygen atoms in total. The quantitative estimate of drug-likeness (QED) is 0.288. The standard InChI is InChI=1S/C11H14O5/c1-3-5-14-7-8-6-9(11(13)16-8)10(12)15-4-2/h1,8-9H,4-7H2,2H3. The highest BCUT2D eigenvalue weighted by molar-refractivity contribution is 5.96. The molecule has 0 aliphatic carbocycles. The number of hydrogen-bond acceptors (Lipinski definition) is 5. The normalized spacial score (nSPS) is 23.6. The van der Waals surface area contributed by atoms with Crippen molar-refractivity contribution in [1.29, 1.82) is 0 Å². The molecular weight excluding hydrogens is 212 g/mol. The predicted octanol–water partition coefficient (Wildman–Crippen LogP) is 0.131. The van der Waals surface area contributed by atoms with E-state index in [2.05, 4.69) is 5.92 Å². The van der Waals surface area contributed by atoms with Gasteiger partial charge in [-0.15, -0.1) is 6.42 Å². The molecule has 0 radical (unpaired) electrons. The molecule has 0 bridgehead atoms. The van der Waals surface area contributed by atoms with Crippen LogP contribution in [0.3, 0.4) is 0 Å². The van der Waals surface area contributed by atoms with E-state index in [4.69, 9.17) is 20.6 Å². The number of terminal acetylenes is 1. The molecule has 1 aliphatic rings. The van der Waals surface area contributed by atoms with Crippen molar-refractivity contribution in [3.05, 3.63) is 0 Å². The second-order valence-corrected chi connectivity index (χ2v) is 3.32. The Hall–Kier alpha value is -1.54. The summed E-state index contributed by atoms with van der Waals surface area (Å²) in [6.07, 6.45) is 4.89. The zero-order valence-electron chi connectivity index (χ0n) is 9.10. The van der Waals surface area contributed by atoms with Crippen LogP contribution in [0.1, 0.15) is 13.3 Å². The van der Waals surface area contributed by atoms with Crippen LogP contribution in [0, 0.1) is 18.3 Å². The van der Waals surface area contributed by atoms with Gasteiger partial charge in [-0.2, -0.15) is 0 Å². The lowest BCUT2D eigenvalue weighted by atomic mass is 10.1. The van der Waals surface area contributed by atoms with Crippen molar-refractivity contribution in [3.63, 3.8) is 0 Å². The van der Waals surface area contributed by atoms with Gasteiger partial charge in [0.05, 0.1) is 13.2 Å². The molecule has 5 heteroatoms. The third kappa shape index (κ3) is 3.24. The summed E-state index contributed by atoms with van der Waals surface area (Å²) in [5.74, 6) is 0.399. The third-order valence-electron chi connectivity index (χ3n) is 2.13. The minimum Gasteiger partial charge on any atom is -0.465 e. The molecule has 0 spiro atoms. The monoisotopic (exact) mass is 226 g/mol. The Morgan fingerprint density at radius 3 is 3.06 bits per heavy atom. The number of hydrogen-bond donors (Lipinski definition) is 0. The van der Waals surface area contributed by atoms with Gasteiger partial charge in [0.1, 0.15) is 12.7 Å². The average Bonchev–Trinajstić information content (AvgIpc) is 2.61. The van der Waals surface area contributed by atoms with Crippen molar-refractivity contribution < 1.29 is 23.8 Å². The summed E-state index contributed by atoms with van der Waals surface area (Å²) in [6, 6.07) is 0. The summed E-state index contributed by atoms with van der Waals surface area (Å²) in [6.45, 7) is 2.32. The van der Waals surface area contributed by atoms with E-state index >= 15 is 0 Å². The number of cyclic esters (lactones) is 1. The number of carbonyl (C=O) groups is 2. The van der Waals surface area contributed by atoms with E-state index in [1.807, 2.05) is 0 Å². The van der Waals surface area contributed by atoms with Crippen LogP contribution in [0.4, 0.5) is 0 Å². The van der Waals surface area contributed by atoms with Gasteiger partial charge in [-0.1, -0.05) is 5.92 Å². The van der Waals surface area contributed by atoms with Gasteiger partial charge in [-0.05, 0) is 6.92 Å². The minimum absolute atomic E-state index is 0.165. The fourth-order valence-corrected chi connectivity index (χ4v) is 1.44. The molecule has 0 aromatic carbocycles. The van der Waals surface area contributed by atoms with E-state index in [1.165, 1.54) is 0 Å². The SMILES string of the molecule is C#CCOCC1CC(C(=O)OCC)C(=O)O1. The highest BCUT2D eigenvalue weighted by Gasteiger charge is 2.40. The van der Waals surface area contributed by atoms with Gasteiger partial charge in [-0.25, -0.2) is 0 Å². The van der Waals surface area contributed by atoms with Crippen molar-refractivity contribution in [3.8, 4) is 12.3 Å². The lowest BCUT2D eigenvalue weighted by Gasteiger charge is -2.07. The van der Waals surface area contributed by atoms with E-state index in [0.717, 1.165) is 0 Å². The minimum atomic E-state index is -0.820. The summed E-state index contributed by atoms with van der Waals surface area (Å²) in [4.78, 5) is 22.6. The summed E-state index contributed by atoms with van der Waals surface area (Å²) in [7, 11) is 0. The molecule has 16 heavy (non-hydrogen) atoms. The van der Waals surface area contributed by atoms with Crippen molar-refractivity contribution in [2.24, 2.45) is 5.92 Å². The van der Waals surface area contributed by atoms with E-state index < -0.39 is 24.0 Å². The molecule has 1 saturated heterocycles. The van der Waals surface area contributed by atoms with Crippen LogP contribution in [-0.2, 0) is 23.8 Å². The molecule has 88 valence electrons. The Morgan fingerprint density at radius 2 is 2.44 bits per heavy atom. The first-order chi connectivity index (χ1) is 7.69. The van der Waals surface area contributed by atoms with Gasteiger partial charge in [0, 0.05) is 6.42 Å². The predicted molar refractivity (Wildman–Crippen MR) is 54.3 cm³/mol. The zero-order chi connectivity index (χ0) is 12.0. The third-order valence-corrected chi connectivity index (χ3v) is 2.13. The molecule has 0 N–H and O–H groups in total. The van der Waals surface area contributed by atoms with Crippen LogP contribution in [0.2, 0.25) is 0 Å². The zero-order valence-corrected chi connectivity index (χ0v) is 9.10. The summed E-state index contributed by atoms with van der Waals surface area (Å²) in [5, 5.41) is 0. The van der Waals surface area contributed by atoms with Gasteiger partial charge in [0.25, 0.3) is 0 Å². The average molecular weight is 226 g/mol. The van der Waals surface area contributed by atoms with Crippen molar-refractivity contribution in [1.82, 2.24) is 0 Å². The summed E-state index contributed by atoms with van der Waals surface area (Å²) in [5.41, 5.74) is 0. The molecular formula is C11H14O5. The van der Waals surface area contributed by atoms with Gasteiger partial charge in [-0.3, -0.25) is 9.59 Å². The molecule has 1 rings (SSSR count). The lowest BCUT2D eigenvalue weighted by Crippen LogP contribution is -2.21. The van der Waals surface area contributed by atoms with E-state index in [0.29, 0.717) is 6.42 Å². The maximum atomic E-state index is 11.3. The van der Waals surface area contributed by atoms with E-state index in [1.54, 1.807) is 6.92 Å². The fourth-order valence-electron chi connectivity index (χ4n) is 1.44.